The Morgan fingerprint density at radius 3 is 2.12 bits per heavy atom. The van der Waals surface area contributed by atoms with Crippen molar-refractivity contribution < 1.29 is 0 Å². The number of rotatable bonds is 4. The lowest BCUT2D eigenvalue weighted by molar-refractivity contribution is 0.241. The van der Waals surface area contributed by atoms with E-state index in [1.54, 1.807) is 0 Å². The number of hydrogen-bond acceptors (Lipinski definition) is 3. The predicted octanol–water partition coefficient (Wildman–Crippen LogP) is 3.45. The first-order valence-electron chi connectivity index (χ1n) is 8.94. The minimum absolute atomic E-state index is 0.335. The van der Waals surface area contributed by atoms with Crippen molar-refractivity contribution in [2.45, 2.75) is 19.4 Å². The highest BCUT2D eigenvalue weighted by Gasteiger charge is 2.23. The monoisotopic (exact) mass is 323 g/mol. The zero-order valence-corrected chi connectivity index (χ0v) is 15.1. The SMILES string of the molecule is Cc1ccc(C(c2ccc(N(C)C)cc2)N2CCCNCC2)cc1. The van der Waals surface area contributed by atoms with E-state index in [2.05, 4.69) is 84.7 Å². The van der Waals surface area contributed by atoms with Gasteiger partial charge in [0.05, 0.1) is 6.04 Å². The van der Waals surface area contributed by atoms with E-state index in [1.807, 2.05) is 0 Å². The van der Waals surface area contributed by atoms with Gasteiger partial charge in [0.25, 0.3) is 0 Å². The van der Waals surface area contributed by atoms with E-state index >= 15 is 0 Å². The molecular weight excluding hydrogens is 294 g/mol. The minimum Gasteiger partial charge on any atom is -0.378 e. The molecule has 24 heavy (non-hydrogen) atoms. The van der Waals surface area contributed by atoms with Crippen LogP contribution in [0, 0.1) is 6.92 Å². The molecule has 3 nitrogen and oxygen atoms in total. The van der Waals surface area contributed by atoms with Gasteiger partial charge in [-0.15, -0.1) is 0 Å². The lowest BCUT2D eigenvalue weighted by Gasteiger charge is -2.31. The van der Waals surface area contributed by atoms with E-state index in [0.717, 1.165) is 26.2 Å². The summed E-state index contributed by atoms with van der Waals surface area (Å²) in [6, 6.07) is 18.4. The zero-order chi connectivity index (χ0) is 16.9. The largest absolute Gasteiger partial charge is 0.378 e. The van der Waals surface area contributed by atoms with Crippen molar-refractivity contribution in [3.63, 3.8) is 0 Å². The molecule has 1 heterocycles. The van der Waals surface area contributed by atoms with E-state index in [1.165, 1.54) is 28.8 Å². The van der Waals surface area contributed by atoms with Gasteiger partial charge in [-0.25, -0.2) is 0 Å². The van der Waals surface area contributed by atoms with Crippen LogP contribution >= 0.6 is 0 Å². The molecule has 0 bridgehead atoms. The third kappa shape index (κ3) is 3.97. The Morgan fingerprint density at radius 1 is 0.875 bits per heavy atom. The molecule has 1 unspecified atom stereocenters. The number of benzene rings is 2. The Labute approximate surface area is 146 Å². The highest BCUT2D eigenvalue weighted by atomic mass is 15.2. The zero-order valence-electron chi connectivity index (χ0n) is 15.1. The molecule has 0 amide bonds. The van der Waals surface area contributed by atoms with E-state index in [-0.39, 0.29) is 0 Å². The molecule has 0 aliphatic carbocycles. The van der Waals surface area contributed by atoms with Crippen molar-refractivity contribution in [1.29, 1.82) is 0 Å². The summed E-state index contributed by atoms with van der Waals surface area (Å²) in [7, 11) is 4.18. The molecule has 0 aromatic heterocycles. The number of nitrogens with zero attached hydrogens (tertiary/aromatic N) is 2. The third-order valence-corrected chi connectivity index (χ3v) is 4.86. The first-order chi connectivity index (χ1) is 11.6. The van der Waals surface area contributed by atoms with Crippen LogP contribution < -0.4 is 10.2 Å². The van der Waals surface area contributed by atoms with Gasteiger partial charge in [0.15, 0.2) is 0 Å². The summed E-state index contributed by atoms with van der Waals surface area (Å²) in [5.41, 5.74) is 5.34. The summed E-state index contributed by atoms with van der Waals surface area (Å²) >= 11 is 0. The lowest BCUT2D eigenvalue weighted by Crippen LogP contribution is -2.33. The van der Waals surface area contributed by atoms with Crippen molar-refractivity contribution in [2.24, 2.45) is 0 Å². The van der Waals surface area contributed by atoms with Crippen LogP contribution in [-0.4, -0.2) is 45.2 Å². The van der Waals surface area contributed by atoms with Crippen LogP contribution in [0.15, 0.2) is 48.5 Å². The first-order valence-corrected chi connectivity index (χ1v) is 8.94. The van der Waals surface area contributed by atoms with Crippen LogP contribution in [0.1, 0.15) is 29.2 Å². The van der Waals surface area contributed by atoms with Crippen LogP contribution in [-0.2, 0) is 0 Å². The van der Waals surface area contributed by atoms with E-state index in [9.17, 15) is 0 Å². The second kappa shape index (κ2) is 7.82. The van der Waals surface area contributed by atoms with Gasteiger partial charge in [0, 0.05) is 39.4 Å². The maximum atomic E-state index is 3.52. The molecule has 1 N–H and O–H groups in total. The molecule has 2 aromatic carbocycles. The van der Waals surface area contributed by atoms with Gasteiger partial charge in [0.1, 0.15) is 0 Å². The van der Waals surface area contributed by atoms with Crippen LogP contribution in [0.4, 0.5) is 5.69 Å². The normalized spacial score (nSPS) is 17.3. The van der Waals surface area contributed by atoms with Gasteiger partial charge in [-0.05, 0) is 43.1 Å². The molecule has 0 saturated carbocycles. The summed E-state index contributed by atoms with van der Waals surface area (Å²) in [5, 5.41) is 3.52. The Hall–Kier alpha value is -1.84. The minimum atomic E-state index is 0.335. The van der Waals surface area contributed by atoms with Crippen LogP contribution in [0.5, 0.6) is 0 Å². The maximum absolute atomic E-state index is 3.52. The second-order valence-electron chi connectivity index (χ2n) is 6.94. The van der Waals surface area contributed by atoms with Crippen molar-refractivity contribution in [3.8, 4) is 0 Å². The van der Waals surface area contributed by atoms with Gasteiger partial charge in [-0.2, -0.15) is 0 Å². The van der Waals surface area contributed by atoms with Crippen LogP contribution in [0.2, 0.25) is 0 Å². The van der Waals surface area contributed by atoms with Crippen molar-refractivity contribution in [1.82, 2.24) is 10.2 Å². The lowest BCUT2D eigenvalue weighted by atomic mass is 9.95. The summed E-state index contributed by atoms with van der Waals surface area (Å²) in [5.74, 6) is 0. The molecule has 1 aliphatic heterocycles. The second-order valence-corrected chi connectivity index (χ2v) is 6.94. The van der Waals surface area contributed by atoms with E-state index in [4.69, 9.17) is 0 Å². The van der Waals surface area contributed by atoms with Crippen molar-refractivity contribution in [3.05, 3.63) is 65.2 Å². The highest BCUT2D eigenvalue weighted by Crippen LogP contribution is 2.30. The molecule has 2 aromatic rings. The summed E-state index contributed by atoms with van der Waals surface area (Å²) in [6.07, 6.45) is 1.21. The average molecular weight is 323 g/mol. The van der Waals surface area contributed by atoms with Gasteiger partial charge in [0.2, 0.25) is 0 Å². The topological polar surface area (TPSA) is 18.5 Å². The molecule has 1 saturated heterocycles. The quantitative estimate of drug-likeness (QED) is 0.930. The molecule has 1 fully saturated rings. The molecule has 1 aliphatic rings. The maximum Gasteiger partial charge on any atom is 0.0602 e. The fourth-order valence-corrected chi connectivity index (χ4v) is 3.44. The first kappa shape index (κ1) is 17.0. The number of aryl methyl sites for hydroxylation is 1. The van der Waals surface area contributed by atoms with Crippen molar-refractivity contribution in [2.75, 3.05) is 45.2 Å². The molecular formula is C21H29N3. The predicted molar refractivity (Wildman–Crippen MR) is 103 cm³/mol. The number of nitrogens with one attached hydrogen (secondary N) is 1. The standard InChI is InChI=1S/C21H29N3/c1-17-5-7-18(8-6-17)21(24-15-4-13-22-14-16-24)19-9-11-20(12-10-19)23(2)3/h5-12,21-22H,4,13-16H2,1-3H3. The average Bonchev–Trinajstić information content (AvgIpc) is 2.87. The fourth-order valence-electron chi connectivity index (χ4n) is 3.44. The molecule has 1 atom stereocenters. The Kier molecular flexibility index (Phi) is 5.54. The summed E-state index contributed by atoms with van der Waals surface area (Å²) in [4.78, 5) is 4.77. The highest BCUT2D eigenvalue weighted by molar-refractivity contribution is 5.47. The fraction of sp³-hybridized carbons (Fsp3) is 0.429. The number of anilines is 1. The molecule has 128 valence electrons. The Bertz CT molecular complexity index is 623. The summed E-state index contributed by atoms with van der Waals surface area (Å²) < 4.78 is 0. The van der Waals surface area contributed by atoms with Gasteiger partial charge >= 0.3 is 0 Å². The van der Waals surface area contributed by atoms with Gasteiger partial charge < -0.3 is 10.2 Å². The summed E-state index contributed by atoms with van der Waals surface area (Å²) in [6.45, 7) is 6.57. The number of hydrogen-bond donors (Lipinski definition) is 1. The Balaban J connectivity index is 1.95. The van der Waals surface area contributed by atoms with Crippen LogP contribution in [0.3, 0.4) is 0 Å². The molecule has 0 radical (unpaired) electrons. The van der Waals surface area contributed by atoms with E-state index < -0.39 is 0 Å². The van der Waals surface area contributed by atoms with Gasteiger partial charge in [-0.3, -0.25) is 4.90 Å². The molecule has 3 heteroatoms. The van der Waals surface area contributed by atoms with Gasteiger partial charge in [-0.1, -0.05) is 42.0 Å². The Morgan fingerprint density at radius 2 is 1.50 bits per heavy atom. The smallest absolute Gasteiger partial charge is 0.0602 e. The van der Waals surface area contributed by atoms with Crippen molar-refractivity contribution >= 4 is 5.69 Å². The molecule has 0 spiro atoms. The van der Waals surface area contributed by atoms with Crippen LogP contribution in [0.25, 0.3) is 0 Å². The van der Waals surface area contributed by atoms with E-state index in [0.29, 0.717) is 6.04 Å². The third-order valence-electron chi connectivity index (χ3n) is 4.86. The molecule has 3 rings (SSSR count).